The van der Waals surface area contributed by atoms with E-state index in [0.29, 0.717) is 25.3 Å². The molecule has 0 unspecified atom stereocenters. The fourth-order valence-corrected chi connectivity index (χ4v) is 5.60. The zero-order valence-corrected chi connectivity index (χ0v) is 20.1. The van der Waals surface area contributed by atoms with E-state index in [1.54, 1.807) is 6.20 Å². The van der Waals surface area contributed by atoms with Gasteiger partial charge in [0, 0.05) is 43.5 Å². The van der Waals surface area contributed by atoms with Gasteiger partial charge in [0.25, 0.3) is 0 Å². The average Bonchev–Trinajstić information content (AvgIpc) is 3.33. The second kappa shape index (κ2) is 10.5. The zero-order chi connectivity index (χ0) is 23.3. The Morgan fingerprint density at radius 1 is 1.12 bits per heavy atom. The first-order valence-corrected chi connectivity index (χ1v) is 12.5. The summed E-state index contributed by atoms with van der Waals surface area (Å²) in [4.78, 5) is 33.1. The molecule has 1 saturated carbocycles. The maximum atomic E-state index is 13.6. The molecule has 2 aliphatic rings. The van der Waals surface area contributed by atoms with E-state index in [1.165, 1.54) is 12.8 Å². The van der Waals surface area contributed by atoms with Crippen molar-refractivity contribution < 1.29 is 9.59 Å². The topological polar surface area (TPSA) is 62.3 Å². The molecule has 4 rings (SSSR count). The number of likely N-dealkylation sites (tertiary alicyclic amines) is 1. The van der Waals surface area contributed by atoms with Crippen molar-refractivity contribution in [3.05, 3.63) is 54.4 Å². The summed E-state index contributed by atoms with van der Waals surface area (Å²) in [5.74, 6) is 0.811. The van der Waals surface area contributed by atoms with E-state index in [1.807, 2.05) is 43.1 Å². The largest absolute Gasteiger partial charge is 0.353 e. The fraction of sp³-hybridized carbons (Fsp3) is 0.536. The van der Waals surface area contributed by atoms with Crippen LogP contribution in [-0.4, -0.2) is 40.8 Å². The van der Waals surface area contributed by atoms with Gasteiger partial charge in [0.2, 0.25) is 11.8 Å². The predicted molar refractivity (Wildman–Crippen MR) is 131 cm³/mol. The highest BCUT2D eigenvalue weighted by Gasteiger charge is 2.44. The van der Waals surface area contributed by atoms with Gasteiger partial charge < -0.3 is 10.2 Å². The molecule has 2 heterocycles. The zero-order valence-electron chi connectivity index (χ0n) is 20.1. The molecule has 1 aliphatic carbocycles. The molecule has 5 nitrogen and oxygen atoms in total. The van der Waals surface area contributed by atoms with Crippen LogP contribution in [0.1, 0.15) is 64.4 Å². The number of carbonyl (C=O) groups is 2. The number of hydrogen-bond donors (Lipinski definition) is 1. The molecule has 2 aromatic rings. The molecule has 1 aliphatic heterocycles. The molecule has 1 aromatic carbocycles. The lowest BCUT2D eigenvalue weighted by atomic mass is 9.73. The summed E-state index contributed by atoms with van der Waals surface area (Å²) in [5.41, 5.74) is 2.68. The normalized spacial score (nSPS) is 21.4. The van der Waals surface area contributed by atoms with Crippen LogP contribution in [0.15, 0.2) is 48.8 Å². The van der Waals surface area contributed by atoms with Crippen molar-refractivity contribution in [2.75, 3.05) is 13.1 Å². The number of pyridine rings is 1. The molecule has 1 N–H and O–H groups in total. The third-order valence-corrected chi connectivity index (χ3v) is 7.29. The van der Waals surface area contributed by atoms with E-state index >= 15 is 0 Å². The Labute approximate surface area is 198 Å². The lowest BCUT2D eigenvalue weighted by Crippen LogP contribution is -2.55. The third-order valence-electron chi connectivity index (χ3n) is 7.29. The first kappa shape index (κ1) is 23.5. The van der Waals surface area contributed by atoms with Gasteiger partial charge in [-0.05, 0) is 69.1 Å². The van der Waals surface area contributed by atoms with E-state index in [-0.39, 0.29) is 17.9 Å². The van der Waals surface area contributed by atoms with Gasteiger partial charge in [-0.3, -0.25) is 14.6 Å². The number of hydrogen-bond acceptors (Lipinski definition) is 3. The molecule has 0 spiro atoms. The second-order valence-electron chi connectivity index (χ2n) is 10.3. The van der Waals surface area contributed by atoms with Crippen LogP contribution in [0.2, 0.25) is 0 Å². The molecule has 2 fully saturated rings. The van der Waals surface area contributed by atoms with Crippen molar-refractivity contribution >= 4 is 11.8 Å². The number of nitrogens with one attached hydrogen (secondary N) is 1. The number of rotatable bonds is 7. The monoisotopic (exact) mass is 447 g/mol. The number of carbonyl (C=O) groups excluding carboxylic acids is 2. The Balaban J connectivity index is 1.61. The summed E-state index contributed by atoms with van der Waals surface area (Å²) in [6.07, 6.45) is 11.4. The summed E-state index contributed by atoms with van der Waals surface area (Å²) >= 11 is 0. The Kier molecular flexibility index (Phi) is 7.46. The van der Waals surface area contributed by atoms with Gasteiger partial charge in [0.1, 0.15) is 0 Å². The highest BCUT2D eigenvalue weighted by molar-refractivity contribution is 5.85. The molecular weight excluding hydrogens is 410 g/mol. The Bertz CT molecular complexity index is 953. The maximum Gasteiger partial charge on any atom is 0.228 e. The van der Waals surface area contributed by atoms with Crippen molar-refractivity contribution in [3.63, 3.8) is 0 Å². The van der Waals surface area contributed by atoms with Gasteiger partial charge in [-0.25, -0.2) is 0 Å². The van der Waals surface area contributed by atoms with E-state index in [9.17, 15) is 9.59 Å². The van der Waals surface area contributed by atoms with Gasteiger partial charge in [-0.1, -0.05) is 43.2 Å². The lowest BCUT2D eigenvalue weighted by Gasteiger charge is -2.43. The molecule has 1 atom stereocenters. The molecule has 0 radical (unpaired) electrons. The maximum absolute atomic E-state index is 13.6. The Morgan fingerprint density at radius 3 is 2.64 bits per heavy atom. The SMILES string of the molecule is CC(C)NC(=O)[C@@]1(Cc2ccccc2-c2cccnc2)CCCN(C(=O)CC2CCCC2)C1. The summed E-state index contributed by atoms with van der Waals surface area (Å²) in [5, 5.41) is 3.18. The van der Waals surface area contributed by atoms with Crippen LogP contribution in [0.5, 0.6) is 0 Å². The van der Waals surface area contributed by atoms with Crippen LogP contribution < -0.4 is 5.32 Å². The highest BCUT2D eigenvalue weighted by atomic mass is 16.2. The quantitative estimate of drug-likeness (QED) is 0.649. The van der Waals surface area contributed by atoms with Gasteiger partial charge in [-0.2, -0.15) is 0 Å². The fourth-order valence-electron chi connectivity index (χ4n) is 5.60. The van der Waals surface area contributed by atoms with E-state index in [0.717, 1.165) is 48.9 Å². The minimum atomic E-state index is -0.619. The van der Waals surface area contributed by atoms with Crippen molar-refractivity contribution in [1.29, 1.82) is 0 Å². The number of nitrogens with zero attached hydrogens (tertiary/aromatic N) is 2. The average molecular weight is 448 g/mol. The summed E-state index contributed by atoms with van der Waals surface area (Å²) in [6.45, 7) is 5.26. The standard InChI is InChI=1S/C28H37N3O2/c1-21(2)30-27(33)28(14-8-16-31(20-28)26(32)17-22-9-3-4-10-22)18-23-11-5-6-13-25(23)24-12-7-15-29-19-24/h5-7,11-13,15,19,21-22H,3-4,8-10,14,16-18,20H2,1-2H3,(H,30,33)/t28-/m1/s1. The van der Waals surface area contributed by atoms with Crippen molar-refractivity contribution in [1.82, 2.24) is 15.2 Å². The van der Waals surface area contributed by atoms with Crippen LogP contribution >= 0.6 is 0 Å². The smallest absolute Gasteiger partial charge is 0.228 e. The molecule has 1 aromatic heterocycles. The van der Waals surface area contributed by atoms with Gasteiger partial charge >= 0.3 is 0 Å². The molecule has 176 valence electrons. The van der Waals surface area contributed by atoms with E-state index < -0.39 is 5.41 Å². The predicted octanol–water partition coefficient (Wildman–Crippen LogP) is 5.00. The van der Waals surface area contributed by atoms with Crippen molar-refractivity contribution in [2.24, 2.45) is 11.3 Å². The second-order valence-corrected chi connectivity index (χ2v) is 10.3. The first-order valence-electron chi connectivity index (χ1n) is 12.5. The minimum Gasteiger partial charge on any atom is -0.353 e. The molecule has 2 amide bonds. The van der Waals surface area contributed by atoms with Crippen LogP contribution in [0.3, 0.4) is 0 Å². The number of benzene rings is 1. The molecular formula is C28H37N3O2. The summed E-state index contributed by atoms with van der Waals surface area (Å²) in [6, 6.07) is 12.4. The van der Waals surface area contributed by atoms with Crippen LogP contribution in [0.25, 0.3) is 11.1 Å². The Morgan fingerprint density at radius 2 is 1.91 bits per heavy atom. The number of amides is 2. The number of piperidine rings is 1. The first-order chi connectivity index (χ1) is 16.0. The molecule has 0 bridgehead atoms. The minimum absolute atomic E-state index is 0.0625. The summed E-state index contributed by atoms with van der Waals surface area (Å²) in [7, 11) is 0. The van der Waals surface area contributed by atoms with Gasteiger partial charge in [-0.15, -0.1) is 0 Å². The highest BCUT2D eigenvalue weighted by Crippen LogP contribution is 2.38. The van der Waals surface area contributed by atoms with Crippen molar-refractivity contribution in [2.45, 2.75) is 71.3 Å². The van der Waals surface area contributed by atoms with Gasteiger partial charge in [0.15, 0.2) is 0 Å². The number of aromatic nitrogens is 1. The Hall–Kier alpha value is -2.69. The van der Waals surface area contributed by atoms with E-state index in [4.69, 9.17) is 0 Å². The van der Waals surface area contributed by atoms with Crippen LogP contribution in [-0.2, 0) is 16.0 Å². The molecule has 5 heteroatoms. The third kappa shape index (κ3) is 5.63. The summed E-state index contributed by atoms with van der Waals surface area (Å²) < 4.78 is 0. The molecule has 1 saturated heterocycles. The van der Waals surface area contributed by atoms with Gasteiger partial charge in [0.05, 0.1) is 5.41 Å². The van der Waals surface area contributed by atoms with Crippen LogP contribution in [0, 0.1) is 11.3 Å². The van der Waals surface area contributed by atoms with Crippen LogP contribution in [0.4, 0.5) is 0 Å². The lowest BCUT2D eigenvalue weighted by molar-refractivity contribution is -0.142. The van der Waals surface area contributed by atoms with E-state index in [2.05, 4.69) is 28.5 Å². The molecule has 33 heavy (non-hydrogen) atoms. The van der Waals surface area contributed by atoms with Crippen molar-refractivity contribution in [3.8, 4) is 11.1 Å².